The standard InChI is InChI=1S/C17H13N5O3.C2HF3O2/c23-16(12-6-2-4-8-14(12)22(24)25)20-17-19-13-7-3-1-5-11(13)15-18-9-10-21(15)17;3-2(4,5)1(6)7/h1-8,18H,9-10H2;(H,6,7). The van der Waals surface area contributed by atoms with Gasteiger partial charge in [0.15, 0.2) is 0 Å². The lowest BCUT2D eigenvalue weighted by atomic mass is 10.2. The zero-order valence-electron chi connectivity index (χ0n) is 16.0. The monoisotopic (exact) mass is 449 g/mol. The fourth-order valence-electron chi connectivity index (χ4n) is 2.92. The molecule has 1 amide bonds. The molecule has 0 unspecified atom stereocenters. The Labute approximate surface area is 176 Å². The van der Waals surface area contributed by atoms with Crippen molar-refractivity contribution < 1.29 is 32.8 Å². The van der Waals surface area contributed by atoms with Crippen LogP contribution in [-0.4, -0.2) is 44.2 Å². The molecule has 13 heteroatoms. The molecule has 2 aromatic carbocycles. The molecule has 0 saturated carbocycles. The number of carboxylic acid groups (broad SMARTS) is 1. The molecule has 2 heterocycles. The number of carbonyl (C=O) groups is 2. The lowest BCUT2D eigenvalue weighted by Gasteiger charge is -2.07. The SMILES string of the molecule is O=C(N=c1nc2ccccc2c2n1CCN2)c1ccccc1[N+](=O)[O-].O=C(O)C(F)(F)F. The number of nitrogens with one attached hydrogen (secondary N) is 1. The zero-order valence-corrected chi connectivity index (χ0v) is 16.0. The van der Waals surface area contributed by atoms with Crippen LogP contribution in [0.1, 0.15) is 10.4 Å². The van der Waals surface area contributed by atoms with Gasteiger partial charge in [0.25, 0.3) is 11.6 Å². The van der Waals surface area contributed by atoms with Crippen molar-refractivity contribution in [3.8, 4) is 0 Å². The van der Waals surface area contributed by atoms with Gasteiger partial charge < -0.3 is 10.4 Å². The fourth-order valence-corrected chi connectivity index (χ4v) is 2.92. The first kappa shape index (κ1) is 22.4. The number of hydrogen-bond acceptors (Lipinski definition) is 6. The van der Waals surface area contributed by atoms with Crippen LogP contribution in [-0.2, 0) is 11.3 Å². The van der Waals surface area contributed by atoms with Crippen molar-refractivity contribution in [2.75, 3.05) is 11.9 Å². The molecule has 0 bridgehead atoms. The van der Waals surface area contributed by atoms with Gasteiger partial charge >= 0.3 is 12.1 Å². The molecule has 0 radical (unpaired) electrons. The first-order chi connectivity index (χ1) is 15.1. The maximum absolute atomic E-state index is 12.5. The Balaban J connectivity index is 0.000000360. The maximum atomic E-state index is 12.5. The van der Waals surface area contributed by atoms with E-state index in [1.807, 2.05) is 28.8 Å². The molecular formula is C19H14F3N5O5. The Bertz CT molecular complexity index is 1290. The van der Waals surface area contributed by atoms with E-state index in [2.05, 4.69) is 15.3 Å². The molecule has 2 N–H and O–H groups in total. The van der Waals surface area contributed by atoms with Crippen LogP contribution in [0.2, 0.25) is 0 Å². The topological polar surface area (TPSA) is 140 Å². The Kier molecular flexibility index (Phi) is 6.18. The number of nitro benzene ring substituents is 1. The quantitative estimate of drug-likeness (QED) is 0.453. The van der Waals surface area contributed by atoms with Crippen molar-refractivity contribution in [3.63, 3.8) is 0 Å². The molecule has 0 fully saturated rings. The number of benzene rings is 2. The molecule has 0 saturated heterocycles. The number of halogens is 3. The highest BCUT2D eigenvalue weighted by Gasteiger charge is 2.38. The summed E-state index contributed by atoms with van der Waals surface area (Å²) in [5.74, 6) is -2.59. The van der Waals surface area contributed by atoms with Crippen LogP contribution >= 0.6 is 0 Å². The molecule has 10 nitrogen and oxygen atoms in total. The average Bonchev–Trinajstić information content (AvgIpc) is 3.24. The smallest absolute Gasteiger partial charge is 0.475 e. The van der Waals surface area contributed by atoms with Crippen molar-refractivity contribution in [1.82, 2.24) is 9.55 Å². The number of amides is 1. The number of carboxylic acids is 1. The summed E-state index contributed by atoms with van der Waals surface area (Å²) in [5, 5.41) is 22.5. The van der Waals surface area contributed by atoms with Gasteiger partial charge in [-0.2, -0.15) is 18.2 Å². The number of para-hydroxylation sites is 2. The number of aliphatic carboxylic acids is 1. The van der Waals surface area contributed by atoms with Crippen LogP contribution in [0.15, 0.2) is 53.5 Å². The van der Waals surface area contributed by atoms with Crippen LogP contribution in [0.5, 0.6) is 0 Å². The molecule has 3 aromatic rings. The largest absolute Gasteiger partial charge is 0.490 e. The third-order valence-electron chi connectivity index (χ3n) is 4.29. The Morgan fingerprint density at radius 3 is 2.44 bits per heavy atom. The van der Waals surface area contributed by atoms with Crippen LogP contribution in [0.3, 0.4) is 0 Å². The van der Waals surface area contributed by atoms with Gasteiger partial charge in [0.2, 0.25) is 5.62 Å². The molecule has 1 aromatic heterocycles. The van der Waals surface area contributed by atoms with E-state index in [9.17, 15) is 28.1 Å². The van der Waals surface area contributed by atoms with Gasteiger partial charge in [0.1, 0.15) is 11.4 Å². The summed E-state index contributed by atoms with van der Waals surface area (Å²) in [6, 6.07) is 13.3. The van der Waals surface area contributed by atoms with Crippen LogP contribution in [0.4, 0.5) is 24.7 Å². The second kappa shape index (κ2) is 8.83. The first-order valence-corrected chi connectivity index (χ1v) is 8.95. The third kappa shape index (κ3) is 4.71. The molecule has 1 aliphatic heterocycles. The minimum atomic E-state index is -5.08. The average molecular weight is 449 g/mol. The highest BCUT2D eigenvalue weighted by atomic mass is 19.4. The molecular weight excluding hydrogens is 435 g/mol. The van der Waals surface area contributed by atoms with Crippen LogP contribution in [0, 0.1) is 10.1 Å². The van der Waals surface area contributed by atoms with Gasteiger partial charge in [-0.1, -0.05) is 24.3 Å². The number of alkyl halides is 3. The number of aromatic nitrogens is 2. The molecule has 4 rings (SSSR count). The Hall–Kier alpha value is -4.29. The molecule has 166 valence electrons. The summed E-state index contributed by atoms with van der Waals surface area (Å²) < 4.78 is 33.6. The molecule has 1 aliphatic rings. The van der Waals surface area contributed by atoms with E-state index in [0.717, 1.165) is 11.2 Å². The lowest BCUT2D eigenvalue weighted by Crippen LogP contribution is -2.24. The van der Waals surface area contributed by atoms with Gasteiger partial charge in [-0.05, 0) is 18.2 Å². The van der Waals surface area contributed by atoms with Gasteiger partial charge in [-0.15, -0.1) is 0 Å². The summed E-state index contributed by atoms with van der Waals surface area (Å²) in [6.07, 6.45) is -5.08. The van der Waals surface area contributed by atoms with Crippen molar-refractivity contribution in [2.45, 2.75) is 12.7 Å². The fraction of sp³-hybridized carbons (Fsp3) is 0.158. The zero-order chi connectivity index (χ0) is 23.5. The van der Waals surface area contributed by atoms with E-state index < -0.39 is 23.0 Å². The molecule has 0 atom stereocenters. The molecule has 32 heavy (non-hydrogen) atoms. The van der Waals surface area contributed by atoms with Gasteiger partial charge in [0.05, 0.1) is 10.4 Å². The van der Waals surface area contributed by atoms with Gasteiger partial charge in [0, 0.05) is 24.5 Å². The van der Waals surface area contributed by atoms with Crippen LogP contribution in [0.25, 0.3) is 10.9 Å². The number of nitrogens with zero attached hydrogens (tertiary/aromatic N) is 4. The number of carbonyl (C=O) groups excluding carboxylic acids is 1. The van der Waals surface area contributed by atoms with E-state index in [-0.39, 0.29) is 16.9 Å². The normalized spacial score (nSPS) is 13.0. The highest BCUT2D eigenvalue weighted by Crippen LogP contribution is 2.23. The number of hydrogen-bond donors (Lipinski definition) is 2. The van der Waals surface area contributed by atoms with E-state index in [0.29, 0.717) is 18.6 Å². The Morgan fingerprint density at radius 2 is 1.78 bits per heavy atom. The molecule has 0 spiro atoms. The van der Waals surface area contributed by atoms with E-state index in [1.165, 1.54) is 18.2 Å². The Morgan fingerprint density at radius 1 is 1.16 bits per heavy atom. The van der Waals surface area contributed by atoms with E-state index >= 15 is 0 Å². The summed E-state index contributed by atoms with van der Waals surface area (Å²) in [6.45, 7) is 1.33. The summed E-state index contributed by atoms with van der Waals surface area (Å²) in [5.41, 5.74) is 0.624. The van der Waals surface area contributed by atoms with Crippen molar-refractivity contribution in [2.24, 2.45) is 4.99 Å². The van der Waals surface area contributed by atoms with Crippen molar-refractivity contribution >= 4 is 34.3 Å². The second-order valence-corrected chi connectivity index (χ2v) is 6.35. The summed E-state index contributed by atoms with van der Waals surface area (Å²) in [4.78, 5) is 40.5. The number of anilines is 1. The van der Waals surface area contributed by atoms with E-state index in [4.69, 9.17) is 9.90 Å². The summed E-state index contributed by atoms with van der Waals surface area (Å²) >= 11 is 0. The molecule has 0 aliphatic carbocycles. The van der Waals surface area contributed by atoms with Crippen LogP contribution < -0.4 is 10.9 Å². The predicted octanol–water partition coefficient (Wildman–Crippen LogP) is 2.74. The van der Waals surface area contributed by atoms with Crippen molar-refractivity contribution in [1.29, 1.82) is 0 Å². The predicted molar refractivity (Wildman–Crippen MR) is 105 cm³/mol. The van der Waals surface area contributed by atoms with E-state index in [1.54, 1.807) is 6.07 Å². The minimum Gasteiger partial charge on any atom is -0.475 e. The second-order valence-electron chi connectivity index (χ2n) is 6.35. The third-order valence-corrected chi connectivity index (χ3v) is 4.29. The maximum Gasteiger partial charge on any atom is 0.490 e. The van der Waals surface area contributed by atoms with Gasteiger partial charge in [-0.25, -0.2) is 9.78 Å². The first-order valence-electron chi connectivity index (χ1n) is 8.95. The minimum absolute atomic E-state index is 0.0530. The number of nitro groups is 1. The van der Waals surface area contributed by atoms with Gasteiger partial charge in [-0.3, -0.25) is 19.5 Å². The highest BCUT2D eigenvalue weighted by molar-refractivity contribution is 5.98. The number of fused-ring (bicyclic) bond motifs is 3. The van der Waals surface area contributed by atoms with Crippen molar-refractivity contribution in [3.05, 3.63) is 69.8 Å². The lowest BCUT2D eigenvalue weighted by molar-refractivity contribution is -0.385. The number of rotatable bonds is 2. The summed E-state index contributed by atoms with van der Waals surface area (Å²) in [7, 11) is 0.